The van der Waals surface area contributed by atoms with E-state index in [-0.39, 0.29) is 12.3 Å². The number of hydrogen-bond donors (Lipinski definition) is 1. The predicted octanol–water partition coefficient (Wildman–Crippen LogP) is -0.746. The van der Waals surface area contributed by atoms with Crippen molar-refractivity contribution in [2.75, 3.05) is 0 Å². The Morgan fingerprint density at radius 2 is 2.21 bits per heavy atom. The molecule has 0 unspecified atom stereocenters. The molecule has 1 amide bonds. The minimum atomic E-state index is -0.891. The Hall–Kier alpha value is -1.97. The molecule has 4 nitrogen and oxygen atoms in total. The molecule has 0 spiro atoms. The van der Waals surface area contributed by atoms with Gasteiger partial charge in [-0.1, -0.05) is 12.1 Å². The van der Waals surface area contributed by atoms with Crippen LogP contribution >= 0.6 is 0 Å². The first-order chi connectivity index (χ1) is 6.65. The van der Waals surface area contributed by atoms with Gasteiger partial charge in [0.05, 0.1) is 11.8 Å². The molecule has 0 aliphatic carbocycles. The highest BCUT2D eigenvalue weighted by atomic mass is 16.4. The number of aliphatic carboxylic acids is 1. The number of amides is 1. The molecule has 2 rings (SSSR count). The third-order valence-corrected chi connectivity index (χ3v) is 1.96. The SMILES string of the molecule is O=C(O)Cc1ccc2c(c1)=NC(=O)C=2. The molecule has 1 aliphatic heterocycles. The molecule has 0 bridgehead atoms. The molecule has 0 radical (unpaired) electrons. The van der Waals surface area contributed by atoms with Crippen LogP contribution in [0.15, 0.2) is 23.2 Å². The van der Waals surface area contributed by atoms with Crippen LogP contribution in [0.4, 0.5) is 0 Å². The third kappa shape index (κ3) is 1.54. The Bertz CT molecular complexity index is 531. The van der Waals surface area contributed by atoms with Crippen molar-refractivity contribution >= 4 is 18.0 Å². The maximum atomic E-state index is 10.9. The lowest BCUT2D eigenvalue weighted by molar-refractivity contribution is -0.136. The van der Waals surface area contributed by atoms with Gasteiger partial charge in [0.1, 0.15) is 0 Å². The van der Waals surface area contributed by atoms with Crippen molar-refractivity contribution < 1.29 is 14.7 Å². The first-order valence-electron chi connectivity index (χ1n) is 4.10. The van der Waals surface area contributed by atoms with Crippen molar-refractivity contribution in [1.29, 1.82) is 0 Å². The van der Waals surface area contributed by atoms with E-state index in [9.17, 15) is 9.59 Å². The monoisotopic (exact) mass is 189 g/mol. The maximum Gasteiger partial charge on any atom is 0.307 e. The normalized spacial score (nSPS) is 13.0. The molecule has 1 aromatic rings. The summed E-state index contributed by atoms with van der Waals surface area (Å²) in [4.78, 5) is 25.1. The summed E-state index contributed by atoms with van der Waals surface area (Å²) in [5.41, 5.74) is 0.656. The van der Waals surface area contributed by atoms with E-state index in [4.69, 9.17) is 5.11 Å². The Balaban J connectivity index is 2.49. The second-order valence-electron chi connectivity index (χ2n) is 3.06. The van der Waals surface area contributed by atoms with Crippen molar-refractivity contribution in [3.05, 3.63) is 34.3 Å². The lowest BCUT2D eigenvalue weighted by atomic mass is 10.1. The van der Waals surface area contributed by atoms with Gasteiger partial charge in [-0.3, -0.25) is 9.59 Å². The lowest BCUT2D eigenvalue weighted by Crippen LogP contribution is -2.22. The first-order valence-corrected chi connectivity index (χ1v) is 4.10. The first kappa shape index (κ1) is 8.62. The smallest absolute Gasteiger partial charge is 0.307 e. The minimum absolute atomic E-state index is 0.0447. The number of rotatable bonds is 2. The summed E-state index contributed by atoms with van der Waals surface area (Å²) in [6.45, 7) is 0. The van der Waals surface area contributed by atoms with Crippen molar-refractivity contribution in [1.82, 2.24) is 0 Å². The highest BCUT2D eigenvalue weighted by molar-refractivity contribution is 6.06. The molecule has 0 saturated heterocycles. The highest BCUT2D eigenvalue weighted by Crippen LogP contribution is 1.95. The molecule has 0 fully saturated rings. The zero-order chi connectivity index (χ0) is 10.1. The molecule has 1 aliphatic rings. The molecule has 0 saturated carbocycles. The van der Waals surface area contributed by atoms with Crippen LogP contribution in [-0.2, 0) is 16.0 Å². The van der Waals surface area contributed by atoms with E-state index in [0.717, 1.165) is 5.22 Å². The largest absolute Gasteiger partial charge is 0.481 e. The van der Waals surface area contributed by atoms with E-state index in [1.807, 2.05) is 0 Å². The van der Waals surface area contributed by atoms with E-state index in [0.29, 0.717) is 10.9 Å². The van der Waals surface area contributed by atoms with Gasteiger partial charge in [0.25, 0.3) is 5.91 Å². The minimum Gasteiger partial charge on any atom is -0.481 e. The highest BCUT2D eigenvalue weighted by Gasteiger charge is 2.05. The number of hydrogen-bond acceptors (Lipinski definition) is 2. The van der Waals surface area contributed by atoms with E-state index in [2.05, 4.69) is 4.99 Å². The van der Waals surface area contributed by atoms with E-state index in [1.165, 1.54) is 6.08 Å². The van der Waals surface area contributed by atoms with Crippen LogP contribution in [0.2, 0.25) is 0 Å². The second-order valence-corrected chi connectivity index (χ2v) is 3.06. The lowest BCUT2D eigenvalue weighted by Gasteiger charge is -1.94. The summed E-state index contributed by atoms with van der Waals surface area (Å²) in [5, 5.41) is 9.88. The van der Waals surface area contributed by atoms with Gasteiger partial charge in [-0.05, 0) is 11.6 Å². The number of carboxylic acids is 1. The van der Waals surface area contributed by atoms with Gasteiger partial charge in [-0.2, -0.15) is 0 Å². The zero-order valence-corrected chi connectivity index (χ0v) is 7.23. The molecule has 1 heterocycles. The molecule has 0 atom stereocenters. The topological polar surface area (TPSA) is 66.7 Å². The number of carbonyl (C=O) groups is 2. The molecule has 70 valence electrons. The summed E-state index contributed by atoms with van der Waals surface area (Å²) in [5.74, 6) is -1.18. The molecule has 4 heteroatoms. The van der Waals surface area contributed by atoms with Gasteiger partial charge in [0.15, 0.2) is 0 Å². The van der Waals surface area contributed by atoms with Crippen molar-refractivity contribution in [3.63, 3.8) is 0 Å². The fourth-order valence-corrected chi connectivity index (χ4v) is 1.38. The fourth-order valence-electron chi connectivity index (χ4n) is 1.38. The van der Waals surface area contributed by atoms with Gasteiger partial charge < -0.3 is 5.11 Å². The third-order valence-electron chi connectivity index (χ3n) is 1.96. The van der Waals surface area contributed by atoms with Gasteiger partial charge in [0, 0.05) is 11.3 Å². The maximum absolute atomic E-state index is 10.9. The second kappa shape index (κ2) is 3.06. The molecule has 1 N–H and O–H groups in total. The summed E-state index contributed by atoms with van der Waals surface area (Å²) in [7, 11) is 0. The van der Waals surface area contributed by atoms with Crippen molar-refractivity contribution in [3.8, 4) is 0 Å². The summed E-state index contributed by atoms with van der Waals surface area (Å²) < 4.78 is 0. The number of carboxylic acid groups (broad SMARTS) is 1. The van der Waals surface area contributed by atoms with Crippen LogP contribution in [0.5, 0.6) is 0 Å². The van der Waals surface area contributed by atoms with Crippen molar-refractivity contribution in [2.45, 2.75) is 6.42 Å². The Morgan fingerprint density at radius 3 is 2.93 bits per heavy atom. The standard InChI is InChI=1S/C10H7NO3/c12-9-5-7-2-1-6(4-10(13)14)3-8(7)11-9/h1-3,5H,4H2,(H,13,14). The van der Waals surface area contributed by atoms with Crippen LogP contribution in [0.1, 0.15) is 5.56 Å². The molecular formula is C10H7NO3. The number of carbonyl (C=O) groups excluding carboxylic acids is 1. The van der Waals surface area contributed by atoms with Gasteiger partial charge in [-0.15, -0.1) is 0 Å². The fraction of sp³-hybridized carbons (Fsp3) is 0.100. The van der Waals surface area contributed by atoms with Gasteiger partial charge >= 0.3 is 5.97 Å². The Labute approximate surface area is 79.2 Å². The van der Waals surface area contributed by atoms with Crippen LogP contribution in [0.3, 0.4) is 0 Å². The molecular weight excluding hydrogens is 182 g/mol. The summed E-state index contributed by atoms with van der Waals surface area (Å²) >= 11 is 0. The summed E-state index contributed by atoms with van der Waals surface area (Å²) in [6.07, 6.45) is 1.39. The van der Waals surface area contributed by atoms with E-state index in [1.54, 1.807) is 18.2 Å². The predicted molar refractivity (Wildman–Crippen MR) is 48.0 cm³/mol. The average Bonchev–Trinajstić information content (AvgIpc) is 2.42. The molecule has 0 aromatic heterocycles. The van der Waals surface area contributed by atoms with E-state index >= 15 is 0 Å². The van der Waals surface area contributed by atoms with E-state index < -0.39 is 5.97 Å². The molecule has 14 heavy (non-hydrogen) atoms. The number of nitrogens with zero attached hydrogens (tertiary/aromatic N) is 1. The Kier molecular flexibility index (Phi) is 1.89. The van der Waals surface area contributed by atoms with Crippen LogP contribution in [0, 0.1) is 0 Å². The Morgan fingerprint density at radius 1 is 1.43 bits per heavy atom. The quantitative estimate of drug-likeness (QED) is 0.665. The van der Waals surface area contributed by atoms with Crippen LogP contribution in [0.25, 0.3) is 6.08 Å². The number of fused-ring (bicyclic) bond motifs is 1. The number of benzene rings is 1. The van der Waals surface area contributed by atoms with Crippen LogP contribution in [-0.4, -0.2) is 17.0 Å². The summed E-state index contributed by atoms with van der Waals surface area (Å²) in [6, 6.07) is 5.03. The average molecular weight is 189 g/mol. The van der Waals surface area contributed by atoms with Crippen molar-refractivity contribution in [2.24, 2.45) is 4.99 Å². The molecule has 1 aromatic carbocycles. The van der Waals surface area contributed by atoms with Crippen LogP contribution < -0.4 is 10.6 Å². The van der Waals surface area contributed by atoms with Gasteiger partial charge in [-0.25, -0.2) is 4.99 Å². The zero-order valence-electron chi connectivity index (χ0n) is 7.23. The van der Waals surface area contributed by atoms with Gasteiger partial charge in [0.2, 0.25) is 0 Å².